The second-order valence-electron chi connectivity index (χ2n) is 5.92. The summed E-state index contributed by atoms with van der Waals surface area (Å²) in [6.45, 7) is 3.69. The zero-order valence-electron chi connectivity index (χ0n) is 15.3. The van der Waals surface area contributed by atoms with E-state index < -0.39 is 0 Å². The molecule has 142 valence electrons. The van der Waals surface area contributed by atoms with Gasteiger partial charge in [0.2, 0.25) is 5.75 Å². The second-order valence-corrected chi connectivity index (χ2v) is 5.92. The average Bonchev–Trinajstić information content (AvgIpc) is 2.61. The summed E-state index contributed by atoms with van der Waals surface area (Å²) in [5.74, 6) is 1.47. The SMILES string of the molecule is COc1cc(C(=O)N2CCOCC2)cc(OC)c1OCC[NH+](C)C.[Cl-]. The molecule has 1 aliphatic rings. The lowest BCUT2D eigenvalue weighted by atomic mass is 10.1. The number of rotatable bonds is 7. The molecule has 1 aromatic carbocycles. The number of amides is 1. The average molecular weight is 375 g/mol. The maximum absolute atomic E-state index is 12.7. The van der Waals surface area contributed by atoms with Crippen molar-refractivity contribution >= 4 is 5.91 Å². The molecule has 1 heterocycles. The number of quaternary nitrogens is 1. The highest BCUT2D eigenvalue weighted by Crippen LogP contribution is 2.38. The van der Waals surface area contributed by atoms with Crippen LogP contribution in [0.25, 0.3) is 0 Å². The predicted octanol–water partition coefficient (Wildman–Crippen LogP) is -3.30. The fraction of sp³-hybridized carbons (Fsp3) is 0.588. The minimum absolute atomic E-state index is 0. The molecule has 0 saturated carbocycles. The minimum atomic E-state index is -0.0563. The number of ether oxygens (including phenoxy) is 4. The third-order valence-corrected chi connectivity index (χ3v) is 3.85. The van der Waals surface area contributed by atoms with Crippen LogP contribution in [-0.4, -0.2) is 78.6 Å². The summed E-state index contributed by atoms with van der Waals surface area (Å²) in [5.41, 5.74) is 0.524. The number of morpholine rings is 1. The van der Waals surface area contributed by atoms with Crippen molar-refractivity contribution in [2.75, 3.05) is 67.8 Å². The van der Waals surface area contributed by atoms with E-state index in [0.29, 0.717) is 55.7 Å². The molecule has 1 amide bonds. The van der Waals surface area contributed by atoms with Gasteiger partial charge in [-0.1, -0.05) is 0 Å². The molecular formula is C17H27ClN2O5. The molecule has 0 atom stereocenters. The molecule has 7 nitrogen and oxygen atoms in total. The predicted molar refractivity (Wildman–Crippen MR) is 89.4 cm³/mol. The van der Waals surface area contributed by atoms with Gasteiger partial charge in [-0.2, -0.15) is 0 Å². The molecule has 0 radical (unpaired) electrons. The molecule has 1 N–H and O–H groups in total. The quantitative estimate of drug-likeness (QED) is 0.542. The summed E-state index contributed by atoms with van der Waals surface area (Å²) < 4.78 is 22.0. The number of nitrogens with one attached hydrogen (secondary N) is 1. The number of carbonyl (C=O) groups is 1. The van der Waals surface area contributed by atoms with Gasteiger partial charge in [0.15, 0.2) is 11.5 Å². The van der Waals surface area contributed by atoms with Gasteiger partial charge in [-0.3, -0.25) is 4.79 Å². The van der Waals surface area contributed by atoms with Crippen molar-refractivity contribution in [3.63, 3.8) is 0 Å². The maximum Gasteiger partial charge on any atom is 0.254 e. The normalized spacial score (nSPS) is 14.0. The summed E-state index contributed by atoms with van der Waals surface area (Å²) in [6, 6.07) is 3.41. The first kappa shape index (κ1) is 21.3. The van der Waals surface area contributed by atoms with Crippen LogP contribution >= 0.6 is 0 Å². The lowest BCUT2D eigenvalue weighted by molar-refractivity contribution is -0.858. The molecule has 1 saturated heterocycles. The van der Waals surface area contributed by atoms with E-state index in [4.69, 9.17) is 18.9 Å². The van der Waals surface area contributed by atoms with Gasteiger partial charge in [-0.05, 0) is 12.1 Å². The van der Waals surface area contributed by atoms with Gasteiger partial charge in [0.1, 0.15) is 13.2 Å². The number of hydrogen-bond acceptors (Lipinski definition) is 5. The van der Waals surface area contributed by atoms with E-state index in [9.17, 15) is 4.79 Å². The third-order valence-electron chi connectivity index (χ3n) is 3.85. The van der Waals surface area contributed by atoms with Crippen LogP contribution in [0.1, 0.15) is 10.4 Å². The molecule has 0 spiro atoms. The Balaban J connectivity index is 0.00000312. The first-order valence-corrected chi connectivity index (χ1v) is 8.11. The van der Waals surface area contributed by atoms with Crippen molar-refractivity contribution in [3.05, 3.63) is 17.7 Å². The third kappa shape index (κ3) is 5.66. The van der Waals surface area contributed by atoms with Crippen molar-refractivity contribution in [2.24, 2.45) is 0 Å². The minimum Gasteiger partial charge on any atom is -1.00 e. The Labute approximate surface area is 155 Å². The Kier molecular flexibility index (Phi) is 8.82. The summed E-state index contributed by atoms with van der Waals surface area (Å²) in [7, 11) is 7.23. The topological polar surface area (TPSA) is 61.7 Å². The van der Waals surface area contributed by atoms with E-state index in [0.717, 1.165) is 6.54 Å². The molecule has 2 rings (SSSR count). The van der Waals surface area contributed by atoms with E-state index in [-0.39, 0.29) is 18.3 Å². The lowest BCUT2D eigenvalue weighted by Crippen LogP contribution is -3.06. The van der Waals surface area contributed by atoms with Gasteiger partial charge in [-0.25, -0.2) is 0 Å². The van der Waals surface area contributed by atoms with Crippen molar-refractivity contribution in [1.82, 2.24) is 4.90 Å². The standard InChI is InChI=1S/C17H26N2O5.ClH/c1-18(2)5-10-24-16-14(21-3)11-13(12-15(16)22-4)17(20)19-6-8-23-9-7-19;/h11-12H,5-10H2,1-4H3;1H. The fourth-order valence-corrected chi connectivity index (χ4v) is 2.45. The summed E-state index contributed by atoms with van der Waals surface area (Å²) in [5, 5.41) is 0. The molecule has 25 heavy (non-hydrogen) atoms. The van der Waals surface area contributed by atoms with Gasteiger partial charge < -0.3 is 41.2 Å². The van der Waals surface area contributed by atoms with Crippen LogP contribution in [0.5, 0.6) is 17.2 Å². The van der Waals surface area contributed by atoms with Crippen LogP contribution in [0.15, 0.2) is 12.1 Å². The Bertz CT molecular complexity index is 537. The van der Waals surface area contributed by atoms with E-state index in [1.165, 1.54) is 4.90 Å². The number of carbonyl (C=O) groups excluding carboxylic acids is 1. The Hall–Kier alpha value is -1.70. The Morgan fingerprint density at radius 2 is 1.72 bits per heavy atom. The maximum atomic E-state index is 12.7. The van der Waals surface area contributed by atoms with Crippen molar-refractivity contribution in [2.45, 2.75) is 0 Å². The van der Waals surface area contributed by atoms with Gasteiger partial charge in [0.05, 0.1) is 41.5 Å². The van der Waals surface area contributed by atoms with Crippen LogP contribution in [0.2, 0.25) is 0 Å². The van der Waals surface area contributed by atoms with Crippen molar-refractivity contribution in [1.29, 1.82) is 0 Å². The number of nitrogens with zero attached hydrogens (tertiary/aromatic N) is 1. The molecule has 0 unspecified atom stereocenters. The van der Waals surface area contributed by atoms with Crippen LogP contribution in [0, 0.1) is 0 Å². The number of methoxy groups -OCH3 is 2. The number of benzene rings is 1. The summed E-state index contributed by atoms with van der Waals surface area (Å²) >= 11 is 0. The smallest absolute Gasteiger partial charge is 0.254 e. The van der Waals surface area contributed by atoms with E-state index in [2.05, 4.69) is 14.1 Å². The Morgan fingerprint density at radius 3 is 2.20 bits per heavy atom. The van der Waals surface area contributed by atoms with Crippen LogP contribution in [0.3, 0.4) is 0 Å². The van der Waals surface area contributed by atoms with Gasteiger partial charge in [-0.15, -0.1) is 0 Å². The molecule has 0 aliphatic carbocycles. The largest absolute Gasteiger partial charge is 1.00 e. The van der Waals surface area contributed by atoms with E-state index in [1.54, 1.807) is 31.3 Å². The second kappa shape index (κ2) is 10.3. The fourth-order valence-electron chi connectivity index (χ4n) is 2.45. The Morgan fingerprint density at radius 1 is 1.16 bits per heavy atom. The number of halogens is 1. The lowest BCUT2D eigenvalue weighted by Gasteiger charge is -2.27. The highest BCUT2D eigenvalue weighted by Gasteiger charge is 2.23. The molecule has 1 aromatic rings. The highest BCUT2D eigenvalue weighted by molar-refractivity contribution is 5.95. The molecule has 1 aliphatic heterocycles. The number of likely N-dealkylation sites (N-methyl/N-ethyl adjacent to an activating group) is 1. The van der Waals surface area contributed by atoms with E-state index in [1.807, 2.05) is 0 Å². The first-order chi connectivity index (χ1) is 11.6. The van der Waals surface area contributed by atoms with Crippen LogP contribution in [0.4, 0.5) is 0 Å². The van der Waals surface area contributed by atoms with Crippen molar-refractivity contribution < 1.29 is 41.0 Å². The summed E-state index contributed by atoms with van der Waals surface area (Å²) in [6.07, 6.45) is 0. The van der Waals surface area contributed by atoms with Gasteiger partial charge in [0, 0.05) is 18.7 Å². The monoisotopic (exact) mass is 374 g/mol. The van der Waals surface area contributed by atoms with Gasteiger partial charge in [0.25, 0.3) is 5.91 Å². The molecule has 0 bridgehead atoms. The molecule has 0 aromatic heterocycles. The van der Waals surface area contributed by atoms with E-state index >= 15 is 0 Å². The number of hydrogen-bond donors (Lipinski definition) is 1. The van der Waals surface area contributed by atoms with Crippen LogP contribution < -0.4 is 31.5 Å². The molecular weight excluding hydrogens is 348 g/mol. The molecule has 1 fully saturated rings. The van der Waals surface area contributed by atoms with Crippen LogP contribution in [-0.2, 0) is 4.74 Å². The molecule has 8 heteroatoms. The summed E-state index contributed by atoms with van der Waals surface area (Å²) in [4.78, 5) is 15.7. The van der Waals surface area contributed by atoms with Gasteiger partial charge >= 0.3 is 0 Å². The zero-order valence-corrected chi connectivity index (χ0v) is 16.0. The highest BCUT2D eigenvalue weighted by atomic mass is 35.5. The first-order valence-electron chi connectivity index (χ1n) is 8.11. The van der Waals surface area contributed by atoms with Crippen molar-refractivity contribution in [3.8, 4) is 17.2 Å². The zero-order chi connectivity index (χ0) is 17.5.